The lowest BCUT2D eigenvalue weighted by atomic mass is 10.0. The molecule has 0 bridgehead atoms. The van der Waals surface area contributed by atoms with Gasteiger partial charge in [0.2, 0.25) is 0 Å². The van der Waals surface area contributed by atoms with Crippen LogP contribution in [-0.2, 0) is 14.3 Å². The molecular formula is C24H24F2N2O5. The maximum Gasteiger partial charge on any atom is 0.282 e. The van der Waals surface area contributed by atoms with Crippen molar-refractivity contribution in [1.29, 1.82) is 0 Å². The Bertz CT molecular complexity index is 1140. The summed E-state index contributed by atoms with van der Waals surface area (Å²) in [7, 11) is 2.96. The van der Waals surface area contributed by atoms with E-state index in [0.29, 0.717) is 30.2 Å². The van der Waals surface area contributed by atoms with Gasteiger partial charge in [0.1, 0.15) is 5.70 Å². The van der Waals surface area contributed by atoms with Crippen molar-refractivity contribution in [3.05, 3.63) is 59.3 Å². The number of methoxy groups -OCH3 is 2. The van der Waals surface area contributed by atoms with E-state index in [1.807, 2.05) is 18.7 Å². The van der Waals surface area contributed by atoms with Crippen LogP contribution >= 0.6 is 0 Å². The van der Waals surface area contributed by atoms with Crippen molar-refractivity contribution in [2.75, 3.05) is 32.2 Å². The Kier molecular flexibility index (Phi) is 6.07. The van der Waals surface area contributed by atoms with E-state index in [1.165, 1.54) is 20.3 Å². The monoisotopic (exact) mass is 458 g/mol. The van der Waals surface area contributed by atoms with E-state index in [2.05, 4.69) is 0 Å². The number of anilines is 1. The number of rotatable bonds is 5. The molecule has 2 aromatic carbocycles. The molecule has 0 N–H and O–H groups in total. The Morgan fingerprint density at radius 3 is 2.15 bits per heavy atom. The lowest BCUT2D eigenvalue weighted by Crippen LogP contribution is -2.47. The van der Waals surface area contributed by atoms with Gasteiger partial charge in [0, 0.05) is 19.2 Å². The molecule has 0 aliphatic carbocycles. The molecule has 9 heteroatoms. The van der Waals surface area contributed by atoms with Crippen molar-refractivity contribution in [1.82, 2.24) is 4.90 Å². The van der Waals surface area contributed by atoms with Crippen molar-refractivity contribution < 1.29 is 32.6 Å². The van der Waals surface area contributed by atoms with Crippen LogP contribution in [-0.4, -0.2) is 56.2 Å². The summed E-state index contributed by atoms with van der Waals surface area (Å²) < 4.78 is 43.9. The second kappa shape index (κ2) is 8.82. The molecule has 2 aliphatic rings. The molecule has 0 saturated carbocycles. The Balaban J connectivity index is 1.87. The van der Waals surface area contributed by atoms with Gasteiger partial charge in [-0.25, -0.2) is 13.7 Å². The Hall–Kier alpha value is -3.46. The normalized spacial score (nSPS) is 21.2. The van der Waals surface area contributed by atoms with Crippen molar-refractivity contribution >= 4 is 23.1 Å². The molecule has 2 amide bonds. The maximum atomic E-state index is 13.9. The zero-order valence-electron chi connectivity index (χ0n) is 18.7. The van der Waals surface area contributed by atoms with Crippen molar-refractivity contribution in [3.63, 3.8) is 0 Å². The molecule has 2 aromatic rings. The quantitative estimate of drug-likeness (QED) is 0.640. The number of hydrogen-bond donors (Lipinski definition) is 0. The van der Waals surface area contributed by atoms with E-state index in [4.69, 9.17) is 14.2 Å². The molecule has 0 radical (unpaired) electrons. The molecule has 174 valence electrons. The van der Waals surface area contributed by atoms with Crippen molar-refractivity contribution in [2.24, 2.45) is 0 Å². The van der Waals surface area contributed by atoms with Crippen LogP contribution in [0.4, 0.5) is 14.5 Å². The average Bonchev–Trinajstić information content (AvgIpc) is 3.04. The van der Waals surface area contributed by atoms with Gasteiger partial charge >= 0.3 is 0 Å². The number of morpholine rings is 1. The Morgan fingerprint density at radius 2 is 1.55 bits per heavy atom. The third-order valence-corrected chi connectivity index (χ3v) is 5.63. The SMILES string of the molecule is COc1ccc(C2=C(N3CC(C)OC(C)C3)C(=O)N(c3ccc(F)c(F)c3)C2=O)cc1OC. The van der Waals surface area contributed by atoms with Crippen LogP contribution in [0.2, 0.25) is 0 Å². The number of carbonyl (C=O) groups is 2. The van der Waals surface area contributed by atoms with Gasteiger partial charge in [0.05, 0.1) is 37.7 Å². The van der Waals surface area contributed by atoms with Crippen LogP contribution in [0, 0.1) is 11.6 Å². The van der Waals surface area contributed by atoms with Crippen LogP contribution in [0.3, 0.4) is 0 Å². The zero-order chi connectivity index (χ0) is 23.9. The van der Waals surface area contributed by atoms with Crippen LogP contribution in [0.1, 0.15) is 19.4 Å². The summed E-state index contributed by atoms with van der Waals surface area (Å²) in [6.45, 7) is 4.55. The molecule has 2 atom stereocenters. The minimum atomic E-state index is -1.15. The average molecular weight is 458 g/mol. The first kappa shape index (κ1) is 22.7. The number of hydrogen-bond acceptors (Lipinski definition) is 6. The van der Waals surface area contributed by atoms with Gasteiger partial charge in [-0.05, 0) is 43.7 Å². The van der Waals surface area contributed by atoms with Gasteiger partial charge < -0.3 is 19.1 Å². The Morgan fingerprint density at radius 1 is 0.879 bits per heavy atom. The van der Waals surface area contributed by atoms with Gasteiger partial charge in [-0.15, -0.1) is 0 Å². The number of ether oxygens (including phenoxy) is 3. The highest BCUT2D eigenvalue weighted by Crippen LogP contribution is 2.39. The first-order valence-electron chi connectivity index (χ1n) is 10.5. The number of halogens is 2. The van der Waals surface area contributed by atoms with E-state index >= 15 is 0 Å². The molecule has 2 unspecified atom stereocenters. The van der Waals surface area contributed by atoms with Gasteiger partial charge in [0.25, 0.3) is 11.8 Å². The number of carbonyl (C=O) groups excluding carboxylic acids is 2. The number of imide groups is 1. The number of nitrogens with zero attached hydrogens (tertiary/aromatic N) is 2. The fourth-order valence-electron chi connectivity index (χ4n) is 4.28. The molecule has 1 fully saturated rings. The zero-order valence-corrected chi connectivity index (χ0v) is 18.7. The predicted molar refractivity (Wildman–Crippen MR) is 117 cm³/mol. The van der Waals surface area contributed by atoms with Gasteiger partial charge in [-0.2, -0.15) is 0 Å². The standard InChI is InChI=1S/C24H24F2N2O5/c1-13-11-27(12-14(2)33-13)22-21(15-5-8-19(31-3)20(9-15)32-4)23(29)28(24(22)30)16-6-7-17(25)18(26)10-16/h5-10,13-14H,11-12H2,1-4H3. The molecule has 0 aromatic heterocycles. The minimum Gasteiger partial charge on any atom is -0.493 e. The third-order valence-electron chi connectivity index (χ3n) is 5.63. The number of benzene rings is 2. The lowest BCUT2D eigenvalue weighted by Gasteiger charge is -2.37. The topological polar surface area (TPSA) is 68.3 Å². The molecule has 4 rings (SSSR count). The smallest absolute Gasteiger partial charge is 0.282 e. The maximum absolute atomic E-state index is 13.9. The van der Waals surface area contributed by atoms with Crippen molar-refractivity contribution in [2.45, 2.75) is 26.1 Å². The van der Waals surface area contributed by atoms with Crippen LogP contribution in [0.25, 0.3) is 5.57 Å². The fourth-order valence-corrected chi connectivity index (χ4v) is 4.28. The molecule has 33 heavy (non-hydrogen) atoms. The lowest BCUT2D eigenvalue weighted by molar-refractivity contribution is -0.121. The third kappa shape index (κ3) is 4.04. The second-order valence-corrected chi connectivity index (χ2v) is 8.00. The first-order chi connectivity index (χ1) is 15.7. The summed E-state index contributed by atoms with van der Waals surface area (Å²) in [6, 6.07) is 7.84. The summed E-state index contributed by atoms with van der Waals surface area (Å²) in [5.74, 6) is -2.62. The van der Waals surface area contributed by atoms with Crippen LogP contribution < -0.4 is 14.4 Å². The van der Waals surface area contributed by atoms with E-state index < -0.39 is 23.4 Å². The van der Waals surface area contributed by atoms with Gasteiger partial charge in [0.15, 0.2) is 23.1 Å². The van der Waals surface area contributed by atoms with E-state index in [1.54, 1.807) is 18.2 Å². The molecule has 7 nitrogen and oxygen atoms in total. The van der Waals surface area contributed by atoms with E-state index in [9.17, 15) is 18.4 Å². The fraction of sp³-hybridized carbons (Fsp3) is 0.333. The van der Waals surface area contributed by atoms with Crippen LogP contribution in [0.5, 0.6) is 11.5 Å². The summed E-state index contributed by atoms with van der Waals surface area (Å²) in [6.07, 6.45) is -0.346. The minimum absolute atomic E-state index is 0.0498. The van der Waals surface area contributed by atoms with E-state index in [0.717, 1.165) is 17.0 Å². The Labute approximate surface area is 190 Å². The summed E-state index contributed by atoms with van der Waals surface area (Å²) in [4.78, 5) is 29.8. The highest BCUT2D eigenvalue weighted by molar-refractivity contribution is 6.45. The number of amides is 2. The molecule has 2 aliphatic heterocycles. The molecular weight excluding hydrogens is 434 g/mol. The molecule has 2 heterocycles. The van der Waals surface area contributed by atoms with Crippen molar-refractivity contribution in [3.8, 4) is 11.5 Å². The predicted octanol–water partition coefficient (Wildman–Crippen LogP) is 3.38. The molecule has 0 spiro atoms. The first-order valence-corrected chi connectivity index (χ1v) is 10.5. The highest BCUT2D eigenvalue weighted by atomic mass is 19.2. The van der Waals surface area contributed by atoms with E-state index in [-0.39, 0.29) is 29.2 Å². The summed E-state index contributed by atoms with van der Waals surface area (Å²) in [5.41, 5.74) is 0.718. The molecule has 1 saturated heterocycles. The van der Waals surface area contributed by atoms with Gasteiger partial charge in [-0.1, -0.05) is 6.07 Å². The summed E-state index contributed by atoms with van der Waals surface area (Å²) >= 11 is 0. The van der Waals surface area contributed by atoms with Gasteiger partial charge in [-0.3, -0.25) is 9.59 Å². The van der Waals surface area contributed by atoms with Crippen LogP contribution in [0.15, 0.2) is 42.1 Å². The largest absolute Gasteiger partial charge is 0.493 e. The second-order valence-electron chi connectivity index (χ2n) is 8.00. The highest BCUT2D eigenvalue weighted by Gasteiger charge is 2.44. The summed E-state index contributed by atoms with van der Waals surface area (Å²) in [5, 5.41) is 0.